The van der Waals surface area contributed by atoms with Gasteiger partial charge in [0, 0.05) is 5.69 Å². The fourth-order valence-electron chi connectivity index (χ4n) is 1.42. The van der Waals surface area contributed by atoms with E-state index < -0.39 is 11.7 Å². The lowest BCUT2D eigenvalue weighted by atomic mass is 10.2. The van der Waals surface area contributed by atoms with Crippen molar-refractivity contribution in [1.82, 2.24) is 4.98 Å². The van der Waals surface area contributed by atoms with Gasteiger partial charge in [-0.25, -0.2) is 9.37 Å². The molecule has 0 aliphatic heterocycles. The summed E-state index contributed by atoms with van der Waals surface area (Å²) in [6.45, 7) is 0. The van der Waals surface area contributed by atoms with Crippen LogP contribution in [0.1, 0.15) is 16.1 Å². The number of hydrogen-bond acceptors (Lipinski definition) is 3. The summed E-state index contributed by atoms with van der Waals surface area (Å²) in [5, 5.41) is 11.3. The molecule has 4 nitrogen and oxygen atoms in total. The minimum Gasteiger partial charge on any atom is -0.321 e. The highest BCUT2D eigenvalue weighted by Gasteiger charge is 2.09. The van der Waals surface area contributed by atoms with Crippen molar-refractivity contribution in [2.24, 2.45) is 0 Å². The number of nitrogens with one attached hydrogen (secondary N) is 1. The third-order valence-electron chi connectivity index (χ3n) is 2.29. The molecule has 0 unspecified atom stereocenters. The standard InChI is InChI=1S/C13H7BrFN3O/c14-12-3-1-2-11(18-12)13(19)17-9-4-5-10(15)8(6-9)7-16/h1-6H,(H,17,19). The number of nitrogens with zero attached hydrogens (tertiary/aromatic N) is 2. The van der Waals surface area contributed by atoms with Crippen LogP contribution in [0.25, 0.3) is 0 Å². The maximum atomic E-state index is 13.1. The zero-order chi connectivity index (χ0) is 13.8. The van der Waals surface area contributed by atoms with Crippen LogP contribution in [0, 0.1) is 17.1 Å². The first kappa shape index (κ1) is 13.2. The summed E-state index contributed by atoms with van der Waals surface area (Å²) in [5.74, 6) is -1.06. The third kappa shape index (κ3) is 3.14. The average Bonchev–Trinajstić information content (AvgIpc) is 2.41. The number of pyridine rings is 1. The van der Waals surface area contributed by atoms with Crippen LogP contribution in [-0.2, 0) is 0 Å². The molecule has 1 aromatic heterocycles. The smallest absolute Gasteiger partial charge is 0.274 e. The van der Waals surface area contributed by atoms with Crippen molar-refractivity contribution >= 4 is 27.5 Å². The Morgan fingerprint density at radius 1 is 1.37 bits per heavy atom. The Kier molecular flexibility index (Phi) is 3.88. The molecule has 94 valence electrons. The number of benzene rings is 1. The fourth-order valence-corrected chi connectivity index (χ4v) is 1.76. The highest BCUT2D eigenvalue weighted by molar-refractivity contribution is 9.10. The molecule has 0 radical (unpaired) electrons. The molecule has 0 aliphatic rings. The Labute approximate surface area is 117 Å². The van der Waals surface area contributed by atoms with Crippen LogP contribution in [0.4, 0.5) is 10.1 Å². The molecule has 0 saturated carbocycles. The highest BCUT2D eigenvalue weighted by Crippen LogP contribution is 2.15. The number of amides is 1. The summed E-state index contributed by atoms with van der Waals surface area (Å²) in [5.41, 5.74) is 0.432. The largest absolute Gasteiger partial charge is 0.321 e. The van der Waals surface area contributed by atoms with Crippen molar-refractivity contribution in [3.05, 3.63) is 58.1 Å². The Hall–Kier alpha value is -2.26. The van der Waals surface area contributed by atoms with E-state index in [1.165, 1.54) is 12.1 Å². The molecule has 0 aliphatic carbocycles. The van der Waals surface area contributed by atoms with Crippen LogP contribution in [0.2, 0.25) is 0 Å². The first-order valence-corrected chi connectivity index (χ1v) is 6.03. The fraction of sp³-hybridized carbons (Fsp3) is 0. The van der Waals surface area contributed by atoms with Gasteiger partial charge in [-0.2, -0.15) is 5.26 Å². The van der Waals surface area contributed by atoms with Gasteiger partial charge in [-0.3, -0.25) is 4.79 Å². The lowest BCUT2D eigenvalue weighted by molar-refractivity contribution is 0.102. The van der Waals surface area contributed by atoms with E-state index in [1.54, 1.807) is 24.3 Å². The summed E-state index contributed by atoms with van der Waals surface area (Å²) in [7, 11) is 0. The number of hydrogen-bond donors (Lipinski definition) is 1. The van der Waals surface area contributed by atoms with Gasteiger partial charge in [0.2, 0.25) is 0 Å². The molecule has 6 heteroatoms. The maximum absolute atomic E-state index is 13.1. The van der Waals surface area contributed by atoms with Crippen molar-refractivity contribution in [2.75, 3.05) is 5.32 Å². The zero-order valence-corrected chi connectivity index (χ0v) is 11.1. The Bertz CT molecular complexity index is 682. The normalized spacial score (nSPS) is 9.74. The van der Waals surface area contributed by atoms with Gasteiger partial charge in [0.15, 0.2) is 0 Å². The molecule has 1 N–H and O–H groups in total. The minimum atomic E-state index is -0.624. The number of carbonyl (C=O) groups excluding carboxylic acids is 1. The number of rotatable bonds is 2. The third-order valence-corrected chi connectivity index (χ3v) is 2.73. The quantitative estimate of drug-likeness (QED) is 0.865. The SMILES string of the molecule is N#Cc1cc(NC(=O)c2cccc(Br)n2)ccc1F. The molecule has 0 bridgehead atoms. The number of carbonyl (C=O) groups is 1. The van der Waals surface area contributed by atoms with E-state index in [1.807, 2.05) is 0 Å². The van der Waals surface area contributed by atoms with Gasteiger partial charge in [0.25, 0.3) is 5.91 Å². The van der Waals surface area contributed by atoms with E-state index >= 15 is 0 Å². The van der Waals surface area contributed by atoms with E-state index in [9.17, 15) is 9.18 Å². The lowest BCUT2D eigenvalue weighted by Gasteiger charge is -2.05. The molecule has 19 heavy (non-hydrogen) atoms. The van der Waals surface area contributed by atoms with E-state index in [0.29, 0.717) is 10.3 Å². The van der Waals surface area contributed by atoms with Crippen molar-refractivity contribution in [2.45, 2.75) is 0 Å². The first-order valence-electron chi connectivity index (χ1n) is 5.23. The van der Waals surface area contributed by atoms with Crippen LogP contribution in [0.5, 0.6) is 0 Å². The van der Waals surface area contributed by atoms with Crippen LogP contribution in [0.15, 0.2) is 41.0 Å². The molecule has 0 fully saturated rings. The molecule has 0 spiro atoms. The van der Waals surface area contributed by atoms with E-state index in [4.69, 9.17) is 5.26 Å². The van der Waals surface area contributed by atoms with Gasteiger partial charge < -0.3 is 5.32 Å². The van der Waals surface area contributed by atoms with Gasteiger partial charge >= 0.3 is 0 Å². The van der Waals surface area contributed by atoms with Gasteiger partial charge in [-0.15, -0.1) is 0 Å². The first-order chi connectivity index (χ1) is 9.10. The maximum Gasteiger partial charge on any atom is 0.274 e. The second-order valence-electron chi connectivity index (χ2n) is 3.61. The number of nitriles is 1. The van der Waals surface area contributed by atoms with Gasteiger partial charge in [-0.1, -0.05) is 6.07 Å². The molecule has 2 rings (SSSR count). The molecule has 1 amide bonds. The van der Waals surface area contributed by atoms with Gasteiger partial charge in [0.05, 0.1) is 5.56 Å². The number of anilines is 1. The zero-order valence-electron chi connectivity index (χ0n) is 9.52. The van der Waals surface area contributed by atoms with Crippen molar-refractivity contribution in [1.29, 1.82) is 5.26 Å². The average molecular weight is 320 g/mol. The Balaban J connectivity index is 2.22. The van der Waals surface area contributed by atoms with Crippen LogP contribution in [-0.4, -0.2) is 10.9 Å². The molecular formula is C13H7BrFN3O. The predicted molar refractivity (Wildman–Crippen MR) is 71.0 cm³/mol. The molecule has 1 heterocycles. The second-order valence-corrected chi connectivity index (χ2v) is 4.42. The predicted octanol–water partition coefficient (Wildman–Crippen LogP) is 3.11. The molecule has 0 atom stereocenters. The van der Waals surface area contributed by atoms with Gasteiger partial charge in [-0.05, 0) is 46.3 Å². The highest BCUT2D eigenvalue weighted by atomic mass is 79.9. The van der Waals surface area contributed by atoms with Crippen molar-refractivity contribution in [3.8, 4) is 6.07 Å². The summed E-state index contributed by atoms with van der Waals surface area (Å²) >= 11 is 3.16. The minimum absolute atomic E-state index is 0.125. The van der Waals surface area contributed by atoms with Crippen LogP contribution >= 0.6 is 15.9 Å². The summed E-state index contributed by atoms with van der Waals surface area (Å²) < 4.78 is 13.7. The Morgan fingerprint density at radius 2 is 2.16 bits per heavy atom. The van der Waals surface area contributed by atoms with Crippen molar-refractivity contribution < 1.29 is 9.18 Å². The molecule has 2 aromatic rings. The molecule has 1 aromatic carbocycles. The van der Waals surface area contributed by atoms with E-state index in [0.717, 1.165) is 6.07 Å². The van der Waals surface area contributed by atoms with E-state index in [-0.39, 0.29) is 11.3 Å². The second kappa shape index (κ2) is 5.59. The summed E-state index contributed by atoms with van der Waals surface area (Å²) in [6.07, 6.45) is 0. The molecule has 0 saturated heterocycles. The lowest BCUT2D eigenvalue weighted by Crippen LogP contribution is -2.13. The van der Waals surface area contributed by atoms with Crippen LogP contribution in [0.3, 0.4) is 0 Å². The monoisotopic (exact) mass is 319 g/mol. The topological polar surface area (TPSA) is 65.8 Å². The number of aromatic nitrogens is 1. The number of halogens is 2. The molecular weight excluding hydrogens is 313 g/mol. The summed E-state index contributed by atoms with van der Waals surface area (Å²) in [4.78, 5) is 15.9. The Morgan fingerprint density at radius 3 is 2.84 bits per heavy atom. The van der Waals surface area contributed by atoms with E-state index in [2.05, 4.69) is 26.2 Å². The summed E-state index contributed by atoms with van der Waals surface area (Å²) in [6, 6.07) is 10.4. The van der Waals surface area contributed by atoms with Crippen molar-refractivity contribution in [3.63, 3.8) is 0 Å². The van der Waals surface area contributed by atoms with Gasteiger partial charge in [0.1, 0.15) is 22.2 Å². The van der Waals surface area contributed by atoms with Crippen LogP contribution < -0.4 is 5.32 Å².